The molecule has 96 valence electrons. The van der Waals surface area contributed by atoms with Crippen LogP contribution in [-0.4, -0.2) is 15.2 Å². The highest BCUT2D eigenvalue weighted by Gasteiger charge is 2.13. The fourth-order valence-electron chi connectivity index (χ4n) is 1.72. The van der Waals surface area contributed by atoms with E-state index in [9.17, 15) is 5.11 Å². The number of nitrogens with two attached hydrogens (primary N) is 1. The lowest BCUT2D eigenvalue weighted by Crippen LogP contribution is -2.10. The first-order valence-electron chi connectivity index (χ1n) is 6.05. The van der Waals surface area contributed by atoms with Gasteiger partial charge in [-0.15, -0.1) is 0 Å². The van der Waals surface area contributed by atoms with Gasteiger partial charge in [0.2, 0.25) is 5.89 Å². The molecule has 0 aliphatic heterocycles. The number of hydrogen-bond donors (Lipinski definition) is 2. The molecular weight excluding hydrogens is 230 g/mol. The molecule has 0 spiro atoms. The van der Waals surface area contributed by atoms with Gasteiger partial charge < -0.3 is 15.4 Å². The largest absolute Gasteiger partial charge is 0.508 e. The maximum atomic E-state index is 9.19. The van der Waals surface area contributed by atoms with Crippen molar-refractivity contribution in [3.05, 3.63) is 41.5 Å². The van der Waals surface area contributed by atoms with Crippen LogP contribution in [0.4, 0.5) is 0 Å². The number of phenolic OH excluding ortho intramolecular Hbond substituents is 1. The Morgan fingerprint density at radius 3 is 2.72 bits per heavy atom. The van der Waals surface area contributed by atoms with Crippen molar-refractivity contribution in [1.82, 2.24) is 10.1 Å². The highest BCUT2D eigenvalue weighted by molar-refractivity contribution is 5.27. The van der Waals surface area contributed by atoms with Gasteiger partial charge >= 0.3 is 0 Å². The minimum Gasteiger partial charge on any atom is -0.508 e. The van der Waals surface area contributed by atoms with Crippen LogP contribution in [0.15, 0.2) is 28.8 Å². The lowest BCUT2D eigenvalue weighted by molar-refractivity contribution is 0.345. The zero-order valence-electron chi connectivity index (χ0n) is 10.3. The summed E-state index contributed by atoms with van der Waals surface area (Å²) in [5.74, 6) is 1.35. The SMILES string of the molecule is CCC[C@@H](N)c1nc(Cc2ccc(O)cc2)no1. The molecule has 0 aliphatic rings. The van der Waals surface area contributed by atoms with E-state index in [2.05, 4.69) is 17.1 Å². The van der Waals surface area contributed by atoms with Gasteiger partial charge in [0.05, 0.1) is 6.04 Å². The first kappa shape index (κ1) is 12.6. The second-order valence-electron chi connectivity index (χ2n) is 4.29. The van der Waals surface area contributed by atoms with E-state index in [1.165, 1.54) is 0 Å². The molecule has 0 aliphatic carbocycles. The van der Waals surface area contributed by atoms with Gasteiger partial charge in [-0.25, -0.2) is 0 Å². The summed E-state index contributed by atoms with van der Waals surface area (Å²) in [5.41, 5.74) is 6.92. The highest BCUT2D eigenvalue weighted by atomic mass is 16.5. The average Bonchev–Trinajstić information content (AvgIpc) is 2.81. The molecule has 5 nitrogen and oxygen atoms in total. The predicted molar refractivity (Wildman–Crippen MR) is 67.0 cm³/mol. The summed E-state index contributed by atoms with van der Waals surface area (Å²) in [6.45, 7) is 2.06. The Morgan fingerprint density at radius 1 is 1.33 bits per heavy atom. The van der Waals surface area contributed by atoms with E-state index in [4.69, 9.17) is 10.3 Å². The Bertz CT molecular complexity index is 493. The first-order chi connectivity index (χ1) is 8.69. The molecule has 5 heteroatoms. The highest BCUT2D eigenvalue weighted by Crippen LogP contribution is 2.16. The third kappa shape index (κ3) is 3.07. The van der Waals surface area contributed by atoms with Gasteiger partial charge in [0.15, 0.2) is 5.82 Å². The molecule has 0 fully saturated rings. The van der Waals surface area contributed by atoms with Crippen molar-refractivity contribution in [2.75, 3.05) is 0 Å². The smallest absolute Gasteiger partial charge is 0.243 e. The van der Waals surface area contributed by atoms with E-state index in [0.29, 0.717) is 18.1 Å². The summed E-state index contributed by atoms with van der Waals surface area (Å²) >= 11 is 0. The van der Waals surface area contributed by atoms with Crippen molar-refractivity contribution in [3.63, 3.8) is 0 Å². The van der Waals surface area contributed by atoms with Gasteiger partial charge in [0.25, 0.3) is 0 Å². The summed E-state index contributed by atoms with van der Waals surface area (Å²) in [5, 5.41) is 13.1. The summed E-state index contributed by atoms with van der Waals surface area (Å²) in [6.07, 6.45) is 2.39. The van der Waals surface area contributed by atoms with Crippen molar-refractivity contribution >= 4 is 0 Å². The van der Waals surface area contributed by atoms with E-state index >= 15 is 0 Å². The van der Waals surface area contributed by atoms with Crippen LogP contribution < -0.4 is 5.73 Å². The van der Waals surface area contributed by atoms with Crippen molar-refractivity contribution < 1.29 is 9.63 Å². The van der Waals surface area contributed by atoms with Crippen LogP contribution in [0.1, 0.15) is 43.1 Å². The lowest BCUT2D eigenvalue weighted by atomic mass is 10.1. The molecule has 0 unspecified atom stereocenters. The topological polar surface area (TPSA) is 85.2 Å². The normalized spacial score (nSPS) is 12.6. The number of phenols is 1. The van der Waals surface area contributed by atoms with Gasteiger partial charge in [-0.2, -0.15) is 4.98 Å². The van der Waals surface area contributed by atoms with Crippen LogP contribution in [0.5, 0.6) is 5.75 Å². The number of aromatic nitrogens is 2. The fourth-order valence-corrected chi connectivity index (χ4v) is 1.72. The van der Waals surface area contributed by atoms with Crippen molar-refractivity contribution in [1.29, 1.82) is 0 Å². The summed E-state index contributed by atoms with van der Waals surface area (Å²) in [4.78, 5) is 4.28. The zero-order chi connectivity index (χ0) is 13.0. The molecule has 0 saturated heterocycles. The number of hydrogen-bond acceptors (Lipinski definition) is 5. The van der Waals surface area contributed by atoms with E-state index in [1.54, 1.807) is 12.1 Å². The standard InChI is InChI=1S/C13H17N3O2/c1-2-3-11(14)13-15-12(16-18-13)8-9-4-6-10(17)7-5-9/h4-7,11,17H,2-3,8,14H2,1H3/t11-/m1/s1. The molecule has 18 heavy (non-hydrogen) atoms. The molecule has 0 bridgehead atoms. The quantitative estimate of drug-likeness (QED) is 0.845. The Balaban J connectivity index is 2.04. The molecule has 0 amide bonds. The van der Waals surface area contributed by atoms with Crippen LogP contribution in [-0.2, 0) is 6.42 Å². The molecular formula is C13H17N3O2. The Labute approximate surface area is 106 Å². The lowest BCUT2D eigenvalue weighted by Gasteiger charge is -2.02. The Kier molecular flexibility index (Phi) is 3.94. The van der Waals surface area contributed by atoms with Gasteiger partial charge in [-0.1, -0.05) is 30.6 Å². The van der Waals surface area contributed by atoms with Gasteiger partial charge in [0, 0.05) is 6.42 Å². The molecule has 1 heterocycles. The second kappa shape index (κ2) is 5.64. The number of benzene rings is 1. The summed E-state index contributed by atoms with van der Waals surface area (Å²) in [7, 11) is 0. The van der Waals surface area contributed by atoms with Crippen LogP contribution >= 0.6 is 0 Å². The van der Waals surface area contributed by atoms with Crippen molar-refractivity contribution in [2.24, 2.45) is 5.73 Å². The molecule has 2 aromatic rings. The molecule has 0 radical (unpaired) electrons. The minimum absolute atomic E-state index is 0.184. The molecule has 1 aromatic carbocycles. The van der Waals surface area contributed by atoms with Crippen molar-refractivity contribution in [3.8, 4) is 5.75 Å². The molecule has 2 rings (SSSR count). The number of rotatable bonds is 5. The maximum Gasteiger partial charge on any atom is 0.243 e. The molecule has 0 saturated carbocycles. The van der Waals surface area contributed by atoms with E-state index in [1.807, 2.05) is 12.1 Å². The number of nitrogens with zero attached hydrogens (tertiary/aromatic N) is 2. The van der Waals surface area contributed by atoms with Crippen LogP contribution in [0.3, 0.4) is 0 Å². The maximum absolute atomic E-state index is 9.19. The van der Waals surface area contributed by atoms with Crippen molar-refractivity contribution in [2.45, 2.75) is 32.2 Å². The van der Waals surface area contributed by atoms with Crippen LogP contribution in [0.25, 0.3) is 0 Å². The van der Waals surface area contributed by atoms with E-state index in [-0.39, 0.29) is 11.8 Å². The third-order valence-electron chi connectivity index (χ3n) is 2.70. The van der Waals surface area contributed by atoms with Crippen LogP contribution in [0, 0.1) is 0 Å². The minimum atomic E-state index is -0.184. The average molecular weight is 247 g/mol. The van der Waals surface area contributed by atoms with E-state index in [0.717, 1.165) is 18.4 Å². The Morgan fingerprint density at radius 2 is 2.06 bits per heavy atom. The van der Waals surface area contributed by atoms with Gasteiger partial charge in [-0.3, -0.25) is 0 Å². The van der Waals surface area contributed by atoms with E-state index < -0.39 is 0 Å². The summed E-state index contributed by atoms with van der Waals surface area (Å²) in [6, 6.07) is 6.75. The second-order valence-corrected chi connectivity index (χ2v) is 4.29. The fraction of sp³-hybridized carbons (Fsp3) is 0.385. The molecule has 3 N–H and O–H groups in total. The van der Waals surface area contributed by atoms with Gasteiger partial charge in [-0.05, 0) is 24.1 Å². The van der Waals surface area contributed by atoms with Gasteiger partial charge in [0.1, 0.15) is 5.75 Å². The monoisotopic (exact) mass is 247 g/mol. The molecule has 1 atom stereocenters. The molecule has 1 aromatic heterocycles. The summed E-state index contributed by atoms with van der Waals surface area (Å²) < 4.78 is 5.14. The van der Waals surface area contributed by atoms with Crippen LogP contribution in [0.2, 0.25) is 0 Å². The predicted octanol–water partition coefficient (Wildman–Crippen LogP) is 2.17. The Hall–Kier alpha value is -1.88. The third-order valence-corrected chi connectivity index (χ3v) is 2.70. The number of aromatic hydroxyl groups is 1. The zero-order valence-corrected chi connectivity index (χ0v) is 10.3. The first-order valence-corrected chi connectivity index (χ1v) is 6.05.